The van der Waals surface area contributed by atoms with Gasteiger partial charge in [-0.05, 0) is 30.9 Å². The molecule has 0 aliphatic rings. The molecule has 0 unspecified atom stereocenters. The van der Waals surface area contributed by atoms with Crippen LogP contribution in [0.1, 0.15) is 66.7 Å². The Labute approximate surface area is 180 Å². The molecule has 0 bridgehead atoms. The quantitative estimate of drug-likeness (QED) is 0.379. The summed E-state index contributed by atoms with van der Waals surface area (Å²) in [4.78, 5) is 37.9. The highest BCUT2D eigenvalue weighted by Crippen LogP contribution is 2.13. The minimum atomic E-state index is -0.605. The third kappa shape index (κ3) is 5.36. The van der Waals surface area contributed by atoms with Crippen LogP contribution in [-0.4, -0.2) is 31.8 Å². The highest BCUT2D eigenvalue weighted by Gasteiger charge is 2.18. The molecule has 0 aliphatic carbocycles. The number of nitrogens with zero attached hydrogens (tertiary/aromatic N) is 3. The van der Waals surface area contributed by atoms with E-state index in [0.717, 1.165) is 31.4 Å². The van der Waals surface area contributed by atoms with Gasteiger partial charge in [0.15, 0.2) is 11.4 Å². The van der Waals surface area contributed by atoms with Crippen molar-refractivity contribution in [3.05, 3.63) is 57.8 Å². The van der Waals surface area contributed by atoms with Gasteiger partial charge >= 0.3 is 0 Å². The van der Waals surface area contributed by atoms with Crippen LogP contribution in [0.25, 0.3) is 10.8 Å². The number of aryl methyl sites for hydroxylation is 1. The number of benzene rings is 1. The van der Waals surface area contributed by atoms with Gasteiger partial charge in [0.25, 0.3) is 17.4 Å². The van der Waals surface area contributed by atoms with Gasteiger partial charge in [-0.15, -0.1) is 0 Å². The summed E-state index contributed by atoms with van der Waals surface area (Å²) in [6.07, 6.45) is 3.52. The number of unbranched alkanes of at least 4 members (excludes halogenated alkanes) is 2. The van der Waals surface area contributed by atoms with Crippen LogP contribution >= 0.6 is 0 Å². The topological polar surface area (TPSA) is 122 Å². The largest absolute Gasteiger partial charge is 0.290 e. The van der Waals surface area contributed by atoms with Crippen LogP contribution in [0, 0.1) is 5.92 Å². The average Bonchev–Trinajstić information content (AvgIpc) is 3.21. The standard InChI is InChI=1S/C22H28N6O3/c1-4-5-8-11-28-22(31)17-10-7-6-9-16(17)19(27-28)21(30)26-25-20(29)18-13-15(23-24-18)12-14(2)3/h6-7,9-10,13-14H,4-5,8,11-12H2,1-3H3,(H,23,24)(H,25,29)(H,26,30). The summed E-state index contributed by atoms with van der Waals surface area (Å²) in [5.74, 6) is -0.727. The van der Waals surface area contributed by atoms with Gasteiger partial charge < -0.3 is 0 Å². The predicted molar refractivity (Wildman–Crippen MR) is 118 cm³/mol. The maximum absolute atomic E-state index is 12.8. The summed E-state index contributed by atoms with van der Waals surface area (Å²) in [7, 11) is 0. The molecule has 3 N–H and O–H groups in total. The Morgan fingerprint density at radius 3 is 2.52 bits per heavy atom. The lowest BCUT2D eigenvalue weighted by molar-refractivity contribution is 0.0841. The van der Waals surface area contributed by atoms with Crippen LogP contribution in [0.2, 0.25) is 0 Å². The molecule has 31 heavy (non-hydrogen) atoms. The summed E-state index contributed by atoms with van der Waals surface area (Å²) in [5, 5.41) is 11.9. The second kappa shape index (κ2) is 10.0. The van der Waals surface area contributed by atoms with E-state index in [4.69, 9.17) is 0 Å². The van der Waals surface area contributed by atoms with E-state index in [2.05, 4.69) is 46.9 Å². The Kier molecular flexibility index (Phi) is 7.17. The van der Waals surface area contributed by atoms with Gasteiger partial charge in [-0.2, -0.15) is 10.2 Å². The number of aromatic nitrogens is 4. The third-order valence-corrected chi connectivity index (χ3v) is 4.84. The maximum Gasteiger partial charge on any atom is 0.290 e. The molecule has 0 saturated carbocycles. The van der Waals surface area contributed by atoms with Gasteiger partial charge in [0.05, 0.1) is 5.39 Å². The maximum atomic E-state index is 12.8. The Morgan fingerprint density at radius 2 is 1.81 bits per heavy atom. The summed E-state index contributed by atoms with van der Waals surface area (Å²) >= 11 is 0. The first-order chi connectivity index (χ1) is 14.9. The molecule has 2 aromatic heterocycles. The molecular weight excluding hydrogens is 396 g/mol. The smallest absolute Gasteiger partial charge is 0.282 e. The lowest BCUT2D eigenvalue weighted by atomic mass is 10.1. The Morgan fingerprint density at radius 1 is 1.10 bits per heavy atom. The molecule has 0 spiro atoms. The summed E-state index contributed by atoms with van der Waals surface area (Å²) < 4.78 is 1.32. The van der Waals surface area contributed by atoms with E-state index in [1.54, 1.807) is 30.3 Å². The first-order valence-corrected chi connectivity index (χ1v) is 10.6. The Hall–Kier alpha value is -3.49. The molecule has 1 aromatic carbocycles. The van der Waals surface area contributed by atoms with Crippen molar-refractivity contribution in [1.82, 2.24) is 30.8 Å². The van der Waals surface area contributed by atoms with Crippen molar-refractivity contribution in [2.75, 3.05) is 0 Å². The SMILES string of the molecule is CCCCCn1nc(C(=O)NNC(=O)c2cc(CC(C)C)[nH]n2)c2ccccc2c1=O. The van der Waals surface area contributed by atoms with Crippen LogP contribution in [0.15, 0.2) is 35.1 Å². The lowest BCUT2D eigenvalue weighted by Gasteiger charge is -2.11. The van der Waals surface area contributed by atoms with Crippen LogP contribution < -0.4 is 16.4 Å². The van der Waals surface area contributed by atoms with E-state index >= 15 is 0 Å². The number of H-pyrrole nitrogens is 1. The van der Waals surface area contributed by atoms with Crippen molar-refractivity contribution in [2.45, 2.75) is 53.0 Å². The zero-order valence-electron chi connectivity index (χ0n) is 18.1. The fourth-order valence-corrected chi connectivity index (χ4v) is 3.33. The van der Waals surface area contributed by atoms with Gasteiger partial charge in [-0.3, -0.25) is 30.3 Å². The number of carbonyl (C=O) groups excluding carboxylic acids is 2. The molecule has 164 valence electrons. The number of nitrogens with one attached hydrogen (secondary N) is 3. The number of carbonyl (C=O) groups is 2. The zero-order chi connectivity index (χ0) is 22.4. The number of hydrogen-bond donors (Lipinski definition) is 3. The van der Waals surface area contributed by atoms with Gasteiger partial charge in [0.2, 0.25) is 0 Å². The molecule has 0 atom stereocenters. The molecule has 9 nitrogen and oxygen atoms in total. The minimum absolute atomic E-state index is 0.0783. The molecule has 3 aromatic rings. The van der Waals surface area contributed by atoms with Crippen molar-refractivity contribution < 1.29 is 9.59 Å². The average molecular weight is 425 g/mol. The van der Waals surface area contributed by atoms with Gasteiger partial charge in [-0.25, -0.2) is 4.68 Å². The predicted octanol–water partition coefficient (Wildman–Crippen LogP) is 2.58. The number of aromatic amines is 1. The van der Waals surface area contributed by atoms with Crippen LogP contribution in [0.5, 0.6) is 0 Å². The van der Waals surface area contributed by atoms with E-state index in [1.807, 2.05) is 0 Å². The van der Waals surface area contributed by atoms with Crippen LogP contribution in [0.3, 0.4) is 0 Å². The van der Waals surface area contributed by atoms with Gasteiger partial charge in [0.1, 0.15) is 0 Å². The molecular formula is C22H28N6O3. The molecule has 0 saturated heterocycles. The molecule has 0 radical (unpaired) electrons. The second-order valence-corrected chi connectivity index (χ2v) is 7.91. The number of amides is 2. The van der Waals surface area contributed by atoms with Crippen molar-refractivity contribution in [2.24, 2.45) is 5.92 Å². The van der Waals surface area contributed by atoms with Crippen molar-refractivity contribution >= 4 is 22.6 Å². The number of hydrogen-bond acceptors (Lipinski definition) is 5. The third-order valence-electron chi connectivity index (χ3n) is 4.84. The molecule has 0 aliphatic heterocycles. The van der Waals surface area contributed by atoms with E-state index in [1.165, 1.54) is 4.68 Å². The Bertz CT molecular complexity index is 1130. The highest BCUT2D eigenvalue weighted by atomic mass is 16.2. The number of fused-ring (bicyclic) bond motifs is 1. The number of rotatable bonds is 8. The first kappa shape index (κ1) is 22.2. The van der Waals surface area contributed by atoms with Crippen LogP contribution in [-0.2, 0) is 13.0 Å². The molecule has 9 heteroatoms. The van der Waals surface area contributed by atoms with E-state index in [-0.39, 0.29) is 16.9 Å². The minimum Gasteiger partial charge on any atom is -0.282 e. The fraction of sp³-hybridized carbons (Fsp3) is 0.409. The number of hydrazine groups is 1. The fourth-order valence-electron chi connectivity index (χ4n) is 3.33. The lowest BCUT2D eigenvalue weighted by Crippen LogP contribution is -2.43. The second-order valence-electron chi connectivity index (χ2n) is 7.91. The molecule has 2 amide bonds. The zero-order valence-corrected chi connectivity index (χ0v) is 18.1. The summed E-state index contributed by atoms with van der Waals surface area (Å²) in [5.41, 5.74) is 5.62. The normalized spacial score (nSPS) is 11.1. The Balaban J connectivity index is 1.78. The molecule has 0 fully saturated rings. The molecule has 3 rings (SSSR count). The van der Waals surface area contributed by atoms with E-state index in [0.29, 0.717) is 23.2 Å². The van der Waals surface area contributed by atoms with E-state index < -0.39 is 11.8 Å². The monoisotopic (exact) mass is 424 g/mol. The van der Waals surface area contributed by atoms with Crippen molar-refractivity contribution in [1.29, 1.82) is 0 Å². The summed E-state index contributed by atoms with van der Waals surface area (Å²) in [6, 6.07) is 8.48. The van der Waals surface area contributed by atoms with Crippen molar-refractivity contribution in [3.63, 3.8) is 0 Å². The highest BCUT2D eigenvalue weighted by molar-refractivity contribution is 6.05. The van der Waals surface area contributed by atoms with Crippen molar-refractivity contribution in [3.8, 4) is 0 Å². The summed E-state index contributed by atoms with van der Waals surface area (Å²) in [6.45, 7) is 6.64. The first-order valence-electron chi connectivity index (χ1n) is 10.6. The van der Waals surface area contributed by atoms with Crippen LogP contribution in [0.4, 0.5) is 0 Å². The van der Waals surface area contributed by atoms with Gasteiger partial charge in [-0.1, -0.05) is 51.8 Å². The van der Waals surface area contributed by atoms with E-state index in [9.17, 15) is 14.4 Å². The molecule has 2 heterocycles. The van der Waals surface area contributed by atoms with Gasteiger partial charge in [0, 0.05) is 17.6 Å².